The Morgan fingerprint density at radius 2 is 1.86 bits per heavy atom. The molecule has 4 rings (SSSR count). The van der Waals surface area contributed by atoms with Crippen LogP contribution in [0.3, 0.4) is 0 Å². The lowest BCUT2D eigenvalue weighted by Gasteiger charge is -2.29. The van der Waals surface area contributed by atoms with Crippen molar-refractivity contribution in [2.24, 2.45) is 0 Å². The first kappa shape index (κ1) is 25.1. The zero-order valence-electron chi connectivity index (χ0n) is 20.4. The third-order valence-corrected chi connectivity index (χ3v) is 7.24. The number of amides is 1. The number of carbonyl (C=O) groups excluding carboxylic acids is 4. The van der Waals surface area contributed by atoms with Crippen LogP contribution in [-0.2, 0) is 19.8 Å². The van der Waals surface area contributed by atoms with Gasteiger partial charge in [0.2, 0.25) is 5.91 Å². The van der Waals surface area contributed by atoms with Crippen molar-refractivity contribution >= 4 is 39.7 Å². The molecular formula is C25H25N3O7S. The molecule has 0 fully saturated rings. The molecule has 1 amide bonds. The SMILES string of the molecule is CC(=O)c1c(O)c(C)c(O)c2c1OC1=CC(=O)/C(=C(/C)NCCC(=O)Nc3nc(C)cs3)C(=O)[C@@]12C. The van der Waals surface area contributed by atoms with Gasteiger partial charge in [-0.3, -0.25) is 19.2 Å². The number of aryl methyl sites for hydroxylation is 1. The fourth-order valence-electron chi connectivity index (χ4n) is 4.41. The first-order valence-corrected chi connectivity index (χ1v) is 12.0. The minimum Gasteiger partial charge on any atom is -0.507 e. The number of ketones is 3. The number of carbonyl (C=O) groups is 4. The van der Waals surface area contributed by atoms with Crippen LogP contribution < -0.4 is 15.4 Å². The van der Waals surface area contributed by atoms with E-state index in [9.17, 15) is 29.4 Å². The number of allylic oxidation sites excluding steroid dienone is 4. The summed E-state index contributed by atoms with van der Waals surface area (Å²) in [7, 11) is 0. The summed E-state index contributed by atoms with van der Waals surface area (Å²) < 4.78 is 5.74. The Hall–Kier alpha value is -3.99. The Balaban J connectivity index is 1.63. The number of benzene rings is 1. The van der Waals surface area contributed by atoms with Crippen LogP contribution in [0.25, 0.3) is 0 Å². The Labute approximate surface area is 210 Å². The van der Waals surface area contributed by atoms with Crippen LogP contribution in [0, 0.1) is 13.8 Å². The van der Waals surface area contributed by atoms with E-state index in [0.717, 1.165) is 11.8 Å². The van der Waals surface area contributed by atoms with Gasteiger partial charge in [-0.15, -0.1) is 11.3 Å². The molecular weight excluding hydrogens is 486 g/mol. The number of aromatic nitrogens is 1. The first-order chi connectivity index (χ1) is 16.9. The predicted molar refractivity (Wildman–Crippen MR) is 131 cm³/mol. The van der Waals surface area contributed by atoms with Crippen LogP contribution in [0.1, 0.15) is 54.4 Å². The molecule has 36 heavy (non-hydrogen) atoms. The quantitative estimate of drug-likeness (QED) is 0.260. The smallest absolute Gasteiger partial charge is 0.227 e. The number of hydrogen-bond acceptors (Lipinski definition) is 10. The van der Waals surface area contributed by atoms with E-state index in [0.29, 0.717) is 5.13 Å². The number of phenols is 2. The lowest BCUT2D eigenvalue weighted by atomic mass is 9.70. The molecule has 0 unspecified atom stereocenters. The van der Waals surface area contributed by atoms with Crippen molar-refractivity contribution in [3.63, 3.8) is 0 Å². The van der Waals surface area contributed by atoms with Gasteiger partial charge in [-0.05, 0) is 34.6 Å². The summed E-state index contributed by atoms with van der Waals surface area (Å²) in [5, 5.41) is 29.2. The minimum absolute atomic E-state index is 0.0233. The lowest BCUT2D eigenvalue weighted by molar-refractivity contribution is -0.123. The summed E-state index contributed by atoms with van der Waals surface area (Å²) in [5.74, 6) is -3.05. The van der Waals surface area contributed by atoms with Crippen LogP contribution in [-0.4, -0.2) is 45.0 Å². The number of rotatable bonds is 6. The van der Waals surface area contributed by atoms with E-state index in [1.54, 1.807) is 6.92 Å². The largest absolute Gasteiger partial charge is 0.507 e. The summed E-state index contributed by atoms with van der Waals surface area (Å²) in [6.07, 6.45) is 1.21. The molecule has 0 saturated heterocycles. The number of aromatic hydroxyl groups is 2. The summed E-state index contributed by atoms with van der Waals surface area (Å²) in [6, 6.07) is 0. The van der Waals surface area contributed by atoms with Crippen LogP contribution in [0.5, 0.6) is 17.2 Å². The van der Waals surface area contributed by atoms with Crippen LogP contribution >= 0.6 is 11.3 Å². The van der Waals surface area contributed by atoms with Gasteiger partial charge in [0, 0.05) is 35.7 Å². The fraction of sp³-hybridized carbons (Fsp3) is 0.320. The number of Topliss-reactive ketones (excluding diaryl/α,β-unsaturated/α-hetero) is 2. The highest BCUT2D eigenvalue weighted by atomic mass is 32.1. The van der Waals surface area contributed by atoms with E-state index in [2.05, 4.69) is 15.6 Å². The second kappa shape index (κ2) is 8.90. The molecule has 2 aliphatic rings. The normalized spacial score (nSPS) is 19.8. The zero-order valence-corrected chi connectivity index (χ0v) is 21.2. The van der Waals surface area contributed by atoms with E-state index in [4.69, 9.17) is 4.74 Å². The summed E-state index contributed by atoms with van der Waals surface area (Å²) in [4.78, 5) is 55.3. The second-order valence-corrected chi connectivity index (χ2v) is 9.76. The molecule has 1 aliphatic carbocycles. The molecule has 1 aromatic carbocycles. The van der Waals surface area contributed by atoms with Crippen molar-refractivity contribution in [3.05, 3.63) is 50.9 Å². The minimum atomic E-state index is -1.59. The number of fused-ring (bicyclic) bond motifs is 3. The van der Waals surface area contributed by atoms with Crippen LogP contribution in [0.2, 0.25) is 0 Å². The number of hydrogen-bond donors (Lipinski definition) is 4. The van der Waals surface area contributed by atoms with Gasteiger partial charge >= 0.3 is 0 Å². The molecule has 2 heterocycles. The van der Waals surface area contributed by atoms with Gasteiger partial charge in [-0.2, -0.15) is 0 Å². The van der Waals surface area contributed by atoms with Crippen molar-refractivity contribution in [1.29, 1.82) is 0 Å². The van der Waals surface area contributed by atoms with Crippen molar-refractivity contribution in [3.8, 4) is 17.2 Å². The Kier molecular flexibility index (Phi) is 6.21. The average Bonchev–Trinajstić information content (AvgIpc) is 3.32. The Bertz CT molecular complexity index is 1420. The molecule has 0 spiro atoms. The molecule has 1 aliphatic heterocycles. The number of ether oxygens (including phenoxy) is 1. The number of thiazole rings is 1. The van der Waals surface area contributed by atoms with Gasteiger partial charge in [0.05, 0.1) is 16.8 Å². The maximum Gasteiger partial charge on any atom is 0.227 e. The molecule has 1 atom stereocenters. The third kappa shape index (κ3) is 3.85. The molecule has 0 saturated carbocycles. The molecule has 188 valence electrons. The van der Waals surface area contributed by atoms with E-state index in [1.807, 2.05) is 12.3 Å². The maximum absolute atomic E-state index is 13.7. The number of nitrogens with one attached hydrogen (secondary N) is 2. The molecule has 4 N–H and O–H groups in total. The van der Waals surface area contributed by atoms with Crippen molar-refractivity contribution in [2.45, 2.75) is 46.5 Å². The number of nitrogens with zero attached hydrogens (tertiary/aromatic N) is 1. The van der Waals surface area contributed by atoms with Gasteiger partial charge in [0.1, 0.15) is 34.0 Å². The summed E-state index contributed by atoms with van der Waals surface area (Å²) in [5.41, 5.74) is -0.800. The van der Waals surface area contributed by atoms with Crippen LogP contribution in [0.4, 0.5) is 5.13 Å². The highest BCUT2D eigenvalue weighted by Crippen LogP contribution is 2.57. The van der Waals surface area contributed by atoms with E-state index < -0.39 is 28.5 Å². The average molecular weight is 512 g/mol. The number of phenolic OH excluding ortho intramolecular Hbond substituents is 2. The highest BCUT2D eigenvalue weighted by molar-refractivity contribution is 7.13. The van der Waals surface area contributed by atoms with Gasteiger partial charge in [-0.1, -0.05) is 0 Å². The monoisotopic (exact) mass is 511 g/mol. The number of anilines is 1. The van der Waals surface area contributed by atoms with Gasteiger partial charge in [0.25, 0.3) is 0 Å². The molecule has 0 bridgehead atoms. The summed E-state index contributed by atoms with van der Waals surface area (Å²) >= 11 is 1.31. The van der Waals surface area contributed by atoms with Gasteiger partial charge in [0.15, 0.2) is 22.5 Å². The molecule has 0 radical (unpaired) electrons. The highest BCUT2D eigenvalue weighted by Gasteiger charge is 2.56. The Morgan fingerprint density at radius 1 is 1.17 bits per heavy atom. The fourth-order valence-corrected chi connectivity index (χ4v) is 5.11. The van der Waals surface area contributed by atoms with Crippen molar-refractivity contribution in [2.75, 3.05) is 11.9 Å². The van der Waals surface area contributed by atoms with Gasteiger partial charge < -0.3 is 25.6 Å². The predicted octanol–water partition coefficient (Wildman–Crippen LogP) is 2.95. The molecule has 2 aromatic rings. The van der Waals surface area contributed by atoms with E-state index in [-0.39, 0.29) is 64.1 Å². The van der Waals surface area contributed by atoms with Crippen molar-refractivity contribution in [1.82, 2.24) is 10.3 Å². The Morgan fingerprint density at radius 3 is 2.47 bits per heavy atom. The summed E-state index contributed by atoms with van der Waals surface area (Å²) in [6.45, 7) is 7.67. The zero-order chi connectivity index (χ0) is 26.5. The second-order valence-electron chi connectivity index (χ2n) is 8.91. The maximum atomic E-state index is 13.7. The molecule has 10 nitrogen and oxygen atoms in total. The first-order valence-electron chi connectivity index (χ1n) is 11.1. The molecule has 11 heteroatoms. The molecule has 1 aromatic heterocycles. The van der Waals surface area contributed by atoms with Crippen LogP contribution in [0.15, 0.2) is 28.5 Å². The topological polar surface area (TPSA) is 155 Å². The van der Waals surface area contributed by atoms with E-state index >= 15 is 0 Å². The third-order valence-electron chi connectivity index (χ3n) is 6.37. The van der Waals surface area contributed by atoms with E-state index in [1.165, 1.54) is 32.1 Å². The van der Waals surface area contributed by atoms with Crippen molar-refractivity contribution < 1.29 is 34.1 Å². The standard InChI is InChI=1S/C25H25N3O7S/c1-10-9-36-24(27-10)28-16(31)6-7-26-12(3)17-14(30)8-15-25(5,23(17)34)19-21(33)11(2)20(32)18(13(4)29)22(19)35-15/h8-9,26,32-33H,6-7H2,1-5H3,(H,27,28,31)/b17-12+/t25-/m0/s1. The van der Waals surface area contributed by atoms with Gasteiger partial charge in [-0.25, -0.2) is 4.98 Å². The lowest BCUT2D eigenvalue weighted by Crippen LogP contribution is -2.41.